The molecule has 1 aliphatic heterocycles. The Morgan fingerprint density at radius 2 is 2.00 bits per heavy atom. The topological polar surface area (TPSA) is 20.3 Å². The van der Waals surface area contributed by atoms with Crippen molar-refractivity contribution in [3.63, 3.8) is 0 Å². The van der Waals surface area contributed by atoms with Gasteiger partial charge in [-0.3, -0.25) is 4.79 Å². The number of carbonyl (C=O) groups is 1. The van der Waals surface area contributed by atoms with Crippen LogP contribution < -0.4 is 0 Å². The van der Waals surface area contributed by atoms with Crippen LogP contribution in [0.2, 0.25) is 0 Å². The van der Waals surface area contributed by atoms with E-state index in [1.165, 1.54) is 0 Å². The summed E-state index contributed by atoms with van der Waals surface area (Å²) in [5.74, 6) is 1.25. The number of piperidine rings is 1. The highest BCUT2D eigenvalue weighted by Crippen LogP contribution is 2.40. The maximum Gasteiger partial charge on any atom is 0.226 e. The van der Waals surface area contributed by atoms with Gasteiger partial charge in [-0.15, -0.1) is 11.6 Å². The average Bonchev–Trinajstić information content (AvgIpc) is 2.86. The van der Waals surface area contributed by atoms with E-state index in [2.05, 4.69) is 13.8 Å². The molecule has 0 N–H and O–H groups in total. The molecular formula is C11H18ClNO. The summed E-state index contributed by atoms with van der Waals surface area (Å²) in [7, 11) is 0. The maximum absolute atomic E-state index is 12.0. The molecule has 0 bridgehead atoms. The molecule has 0 aromatic carbocycles. The van der Waals surface area contributed by atoms with E-state index in [-0.39, 0.29) is 5.38 Å². The maximum atomic E-state index is 12.0. The van der Waals surface area contributed by atoms with E-state index in [1.54, 1.807) is 0 Å². The van der Waals surface area contributed by atoms with Crippen LogP contribution in [0.4, 0.5) is 0 Å². The lowest BCUT2D eigenvalue weighted by Crippen LogP contribution is -2.46. The summed E-state index contributed by atoms with van der Waals surface area (Å²) < 4.78 is 0. The average molecular weight is 216 g/mol. The summed E-state index contributed by atoms with van der Waals surface area (Å²) in [6.45, 7) is 5.04. The van der Waals surface area contributed by atoms with Crippen LogP contribution in [0.1, 0.15) is 33.1 Å². The molecule has 1 aliphatic carbocycles. The molecule has 80 valence electrons. The second-order valence-electron chi connectivity index (χ2n) is 4.83. The van der Waals surface area contributed by atoms with E-state index in [9.17, 15) is 4.79 Å². The van der Waals surface area contributed by atoms with Gasteiger partial charge in [0.15, 0.2) is 0 Å². The second-order valence-corrected chi connectivity index (χ2v) is 5.45. The van der Waals surface area contributed by atoms with Gasteiger partial charge in [0.1, 0.15) is 0 Å². The fraction of sp³-hybridized carbons (Fsp3) is 0.909. The number of hydrogen-bond acceptors (Lipinski definition) is 1. The number of alkyl halides is 1. The molecule has 2 nitrogen and oxygen atoms in total. The van der Waals surface area contributed by atoms with Crippen molar-refractivity contribution in [2.75, 3.05) is 6.54 Å². The molecule has 14 heavy (non-hydrogen) atoms. The van der Waals surface area contributed by atoms with E-state index in [1.807, 2.05) is 4.90 Å². The molecule has 0 spiro atoms. The molecule has 2 rings (SSSR count). The second kappa shape index (κ2) is 3.73. The molecular weight excluding hydrogens is 198 g/mol. The minimum absolute atomic E-state index is 0.171. The third kappa shape index (κ3) is 1.90. The van der Waals surface area contributed by atoms with Gasteiger partial charge in [-0.1, -0.05) is 6.92 Å². The highest BCUT2D eigenvalue weighted by atomic mass is 35.5. The number of nitrogens with zero attached hydrogens (tertiary/aromatic N) is 1. The van der Waals surface area contributed by atoms with Crippen LogP contribution in [-0.4, -0.2) is 28.8 Å². The van der Waals surface area contributed by atoms with Crippen molar-refractivity contribution >= 4 is 17.5 Å². The number of halogens is 1. The predicted molar refractivity (Wildman–Crippen MR) is 57.3 cm³/mol. The molecule has 1 heterocycles. The Morgan fingerprint density at radius 3 is 2.57 bits per heavy atom. The first-order valence-electron chi connectivity index (χ1n) is 5.54. The van der Waals surface area contributed by atoms with Gasteiger partial charge in [0, 0.05) is 18.5 Å². The zero-order chi connectivity index (χ0) is 10.3. The first-order valence-corrected chi connectivity index (χ1v) is 5.97. The number of likely N-dealkylation sites (tertiary alicyclic amines) is 1. The van der Waals surface area contributed by atoms with Gasteiger partial charge in [-0.2, -0.15) is 0 Å². The zero-order valence-corrected chi connectivity index (χ0v) is 9.63. The fourth-order valence-corrected chi connectivity index (χ4v) is 2.52. The predicted octanol–water partition coefficient (Wildman–Crippen LogP) is 2.26. The quantitative estimate of drug-likeness (QED) is 0.615. The summed E-state index contributed by atoms with van der Waals surface area (Å²) in [4.78, 5) is 14.0. The Kier molecular flexibility index (Phi) is 2.74. The van der Waals surface area contributed by atoms with Crippen LogP contribution in [0.5, 0.6) is 0 Å². The molecule has 1 saturated carbocycles. The number of carbonyl (C=O) groups excluding carboxylic acids is 1. The van der Waals surface area contributed by atoms with Crippen molar-refractivity contribution < 1.29 is 4.79 Å². The molecule has 0 aromatic heterocycles. The molecule has 2 fully saturated rings. The molecule has 0 aromatic rings. The van der Waals surface area contributed by atoms with Crippen LogP contribution in [0, 0.1) is 11.8 Å². The van der Waals surface area contributed by atoms with Gasteiger partial charge in [0.25, 0.3) is 0 Å². The van der Waals surface area contributed by atoms with Crippen molar-refractivity contribution in [1.82, 2.24) is 4.90 Å². The minimum atomic E-state index is 0.171. The summed E-state index contributed by atoms with van der Waals surface area (Å²) in [6, 6.07) is 0.394. The Hall–Kier alpha value is -0.240. The van der Waals surface area contributed by atoms with Crippen molar-refractivity contribution in [3.05, 3.63) is 0 Å². The molecule has 1 amide bonds. The fourth-order valence-electron chi connectivity index (χ4n) is 2.25. The Labute approximate surface area is 90.6 Å². The van der Waals surface area contributed by atoms with E-state index in [0.717, 1.165) is 25.8 Å². The van der Waals surface area contributed by atoms with E-state index >= 15 is 0 Å². The summed E-state index contributed by atoms with van der Waals surface area (Å²) in [6.07, 6.45) is 3.18. The Bertz CT molecular complexity index is 243. The van der Waals surface area contributed by atoms with Gasteiger partial charge < -0.3 is 4.90 Å². The summed E-state index contributed by atoms with van der Waals surface area (Å²) in [5, 5.41) is 0.171. The minimum Gasteiger partial charge on any atom is -0.338 e. The summed E-state index contributed by atoms with van der Waals surface area (Å²) >= 11 is 6.09. The van der Waals surface area contributed by atoms with Crippen LogP contribution in [0.3, 0.4) is 0 Å². The first-order chi connectivity index (χ1) is 6.59. The van der Waals surface area contributed by atoms with Crippen molar-refractivity contribution in [2.45, 2.75) is 44.5 Å². The first kappa shape index (κ1) is 10.3. The van der Waals surface area contributed by atoms with Crippen LogP contribution >= 0.6 is 11.6 Å². The number of hydrogen-bond donors (Lipinski definition) is 0. The third-order valence-corrected chi connectivity index (χ3v) is 3.89. The van der Waals surface area contributed by atoms with Crippen molar-refractivity contribution in [1.29, 1.82) is 0 Å². The number of amides is 1. The van der Waals surface area contributed by atoms with Gasteiger partial charge in [0.2, 0.25) is 5.91 Å². The standard InChI is InChI=1S/C11H18ClNO/c1-7-5-10(7)11(14)13-6-9(12)4-3-8(13)2/h7-10H,3-6H2,1-2H3. The van der Waals surface area contributed by atoms with Crippen LogP contribution in [0.25, 0.3) is 0 Å². The molecule has 3 heteroatoms. The van der Waals surface area contributed by atoms with E-state index in [4.69, 9.17) is 11.6 Å². The summed E-state index contributed by atoms with van der Waals surface area (Å²) in [5.41, 5.74) is 0. The van der Waals surface area contributed by atoms with Crippen molar-refractivity contribution in [3.8, 4) is 0 Å². The van der Waals surface area contributed by atoms with Gasteiger partial charge in [0.05, 0.1) is 5.38 Å². The molecule has 2 aliphatic rings. The molecule has 4 atom stereocenters. The normalized spacial score (nSPS) is 42.4. The van der Waals surface area contributed by atoms with Crippen LogP contribution in [0.15, 0.2) is 0 Å². The third-order valence-electron chi connectivity index (χ3n) is 3.53. The lowest BCUT2D eigenvalue weighted by atomic mass is 10.0. The lowest BCUT2D eigenvalue weighted by molar-refractivity contribution is -0.136. The highest BCUT2D eigenvalue weighted by Gasteiger charge is 2.43. The molecule has 0 radical (unpaired) electrons. The Balaban J connectivity index is 1.97. The van der Waals surface area contributed by atoms with E-state index < -0.39 is 0 Å². The molecule has 4 unspecified atom stereocenters. The molecule has 1 saturated heterocycles. The smallest absolute Gasteiger partial charge is 0.226 e. The zero-order valence-electron chi connectivity index (χ0n) is 8.87. The van der Waals surface area contributed by atoms with Gasteiger partial charge in [-0.05, 0) is 32.1 Å². The SMILES string of the molecule is CC1CC1C(=O)N1CC(Cl)CCC1C. The van der Waals surface area contributed by atoms with Gasteiger partial charge in [-0.25, -0.2) is 0 Å². The van der Waals surface area contributed by atoms with Gasteiger partial charge >= 0.3 is 0 Å². The monoisotopic (exact) mass is 215 g/mol. The van der Waals surface area contributed by atoms with Crippen LogP contribution in [-0.2, 0) is 4.79 Å². The van der Waals surface area contributed by atoms with E-state index in [0.29, 0.717) is 23.8 Å². The number of rotatable bonds is 1. The lowest BCUT2D eigenvalue weighted by Gasteiger charge is -2.36. The largest absolute Gasteiger partial charge is 0.338 e. The Morgan fingerprint density at radius 1 is 1.36 bits per heavy atom. The van der Waals surface area contributed by atoms with Crippen molar-refractivity contribution in [2.24, 2.45) is 11.8 Å². The highest BCUT2D eigenvalue weighted by molar-refractivity contribution is 6.21.